The highest BCUT2D eigenvalue weighted by atomic mass is 35.5. The second-order valence-corrected chi connectivity index (χ2v) is 3.85. The molecule has 5 heteroatoms. The van der Waals surface area contributed by atoms with Crippen molar-refractivity contribution in [3.8, 4) is 5.75 Å². The molecule has 0 fully saturated rings. The van der Waals surface area contributed by atoms with Crippen LogP contribution in [0, 0.1) is 5.82 Å². The van der Waals surface area contributed by atoms with Crippen LogP contribution in [0.25, 0.3) is 0 Å². The van der Waals surface area contributed by atoms with Gasteiger partial charge >= 0.3 is 0 Å². The zero-order valence-corrected chi connectivity index (χ0v) is 10.9. The van der Waals surface area contributed by atoms with Crippen LogP contribution < -0.4 is 10.5 Å². The van der Waals surface area contributed by atoms with Crippen LogP contribution in [-0.4, -0.2) is 13.2 Å². The van der Waals surface area contributed by atoms with Gasteiger partial charge in [-0.2, -0.15) is 0 Å². The molecule has 1 rings (SSSR count). The first kappa shape index (κ1) is 15.5. The van der Waals surface area contributed by atoms with E-state index in [-0.39, 0.29) is 18.4 Å². The Kier molecular flexibility index (Phi) is 6.72. The fraction of sp³-hybridized carbons (Fsp3) is 0.455. The van der Waals surface area contributed by atoms with Gasteiger partial charge in [-0.15, -0.1) is 12.4 Å². The van der Waals surface area contributed by atoms with Crippen molar-refractivity contribution in [1.29, 1.82) is 0 Å². The van der Waals surface area contributed by atoms with Crippen LogP contribution in [0.3, 0.4) is 0 Å². The first-order valence-electron chi connectivity index (χ1n) is 4.86. The smallest absolute Gasteiger partial charge is 0.128 e. The first-order valence-corrected chi connectivity index (χ1v) is 5.23. The van der Waals surface area contributed by atoms with Crippen molar-refractivity contribution in [3.63, 3.8) is 0 Å². The van der Waals surface area contributed by atoms with Crippen LogP contribution in [0.2, 0.25) is 5.02 Å². The third kappa shape index (κ3) is 3.81. The summed E-state index contributed by atoms with van der Waals surface area (Å²) in [5.74, 6) is 0.0644. The van der Waals surface area contributed by atoms with Crippen LogP contribution in [0.4, 0.5) is 4.39 Å². The van der Waals surface area contributed by atoms with Gasteiger partial charge in [0.15, 0.2) is 0 Å². The van der Waals surface area contributed by atoms with E-state index in [1.807, 2.05) is 6.92 Å². The molecule has 2 nitrogen and oxygen atoms in total. The molecule has 1 aromatic carbocycles. The molecule has 0 aliphatic rings. The Balaban J connectivity index is 0.00000225. The van der Waals surface area contributed by atoms with Crippen molar-refractivity contribution in [2.45, 2.75) is 25.8 Å². The molecule has 0 aromatic heterocycles. The summed E-state index contributed by atoms with van der Waals surface area (Å²) in [5.41, 5.74) is 6.60. The number of nitrogens with two attached hydrogens (primary N) is 1. The maximum Gasteiger partial charge on any atom is 0.128 e. The van der Waals surface area contributed by atoms with Gasteiger partial charge in [0, 0.05) is 17.7 Å². The third-order valence-corrected chi connectivity index (χ3v) is 2.67. The van der Waals surface area contributed by atoms with E-state index in [1.165, 1.54) is 19.2 Å². The van der Waals surface area contributed by atoms with Gasteiger partial charge in [0.05, 0.1) is 12.1 Å². The van der Waals surface area contributed by atoms with Crippen LogP contribution in [0.1, 0.15) is 18.9 Å². The van der Waals surface area contributed by atoms with Gasteiger partial charge in [-0.25, -0.2) is 4.39 Å². The molecular weight excluding hydrogens is 252 g/mol. The minimum atomic E-state index is -0.398. The van der Waals surface area contributed by atoms with Crippen LogP contribution >= 0.6 is 24.0 Å². The van der Waals surface area contributed by atoms with Gasteiger partial charge in [-0.05, 0) is 18.9 Å². The Morgan fingerprint density at radius 1 is 1.50 bits per heavy atom. The van der Waals surface area contributed by atoms with Crippen molar-refractivity contribution in [3.05, 3.63) is 28.5 Å². The molecule has 0 bridgehead atoms. The molecule has 92 valence electrons. The molecule has 0 aliphatic heterocycles. The van der Waals surface area contributed by atoms with E-state index in [9.17, 15) is 4.39 Å². The van der Waals surface area contributed by atoms with E-state index in [1.54, 1.807) is 0 Å². The van der Waals surface area contributed by atoms with Crippen LogP contribution in [0.5, 0.6) is 5.75 Å². The van der Waals surface area contributed by atoms with Gasteiger partial charge < -0.3 is 10.5 Å². The Morgan fingerprint density at radius 2 is 2.12 bits per heavy atom. The molecule has 0 saturated carbocycles. The number of ether oxygens (including phenoxy) is 1. The summed E-state index contributed by atoms with van der Waals surface area (Å²) in [4.78, 5) is 0. The molecule has 1 atom stereocenters. The van der Waals surface area contributed by atoms with Gasteiger partial charge in [0.25, 0.3) is 0 Å². The Bertz CT molecular complexity index is 347. The molecule has 16 heavy (non-hydrogen) atoms. The molecular formula is C11H16Cl2FNO. The summed E-state index contributed by atoms with van der Waals surface area (Å²) in [5, 5.41) is 0.371. The summed E-state index contributed by atoms with van der Waals surface area (Å²) in [6.07, 6.45) is 1.44. The maximum absolute atomic E-state index is 13.0. The van der Waals surface area contributed by atoms with Crippen LogP contribution in [-0.2, 0) is 6.42 Å². The number of hydrogen-bond donors (Lipinski definition) is 1. The molecule has 0 amide bonds. The zero-order chi connectivity index (χ0) is 11.4. The highest BCUT2D eigenvalue weighted by molar-refractivity contribution is 6.31. The number of hydrogen-bond acceptors (Lipinski definition) is 2. The topological polar surface area (TPSA) is 35.2 Å². The van der Waals surface area contributed by atoms with Crippen molar-refractivity contribution < 1.29 is 9.13 Å². The highest BCUT2D eigenvalue weighted by Crippen LogP contribution is 2.29. The standard InChI is InChI=1S/C11H15ClFNO.ClH/c1-3-8(14)6-9-10(12)4-7(13)5-11(9)15-2;/h4-5,8H,3,6,14H2,1-2H3;1H. The van der Waals surface area contributed by atoms with E-state index >= 15 is 0 Å². The van der Waals surface area contributed by atoms with Crippen molar-refractivity contribution in [1.82, 2.24) is 0 Å². The molecule has 0 saturated heterocycles. The summed E-state index contributed by atoms with van der Waals surface area (Å²) < 4.78 is 18.1. The average molecular weight is 268 g/mol. The summed E-state index contributed by atoms with van der Waals surface area (Å²) in [6, 6.07) is 2.62. The average Bonchev–Trinajstić information content (AvgIpc) is 2.21. The highest BCUT2D eigenvalue weighted by Gasteiger charge is 2.13. The number of benzene rings is 1. The maximum atomic E-state index is 13.0. The van der Waals surface area contributed by atoms with E-state index in [0.29, 0.717) is 17.2 Å². The van der Waals surface area contributed by atoms with Gasteiger partial charge in [-0.3, -0.25) is 0 Å². The quantitative estimate of drug-likeness (QED) is 0.910. The lowest BCUT2D eigenvalue weighted by atomic mass is 10.0. The Morgan fingerprint density at radius 3 is 2.62 bits per heavy atom. The molecule has 0 spiro atoms. The van der Waals surface area contributed by atoms with Gasteiger partial charge in [0.2, 0.25) is 0 Å². The fourth-order valence-electron chi connectivity index (χ4n) is 1.37. The van der Waals surface area contributed by atoms with Gasteiger partial charge in [0.1, 0.15) is 11.6 Å². The zero-order valence-electron chi connectivity index (χ0n) is 9.30. The Labute approximate surface area is 106 Å². The number of rotatable bonds is 4. The summed E-state index contributed by atoms with van der Waals surface area (Å²) >= 11 is 5.94. The summed E-state index contributed by atoms with van der Waals surface area (Å²) in [7, 11) is 1.49. The SMILES string of the molecule is CCC(N)Cc1c(Cl)cc(F)cc1OC.Cl. The minimum Gasteiger partial charge on any atom is -0.496 e. The predicted molar refractivity (Wildman–Crippen MR) is 67.2 cm³/mol. The Hall–Kier alpha value is -0.510. The third-order valence-electron chi connectivity index (χ3n) is 2.33. The van der Waals surface area contributed by atoms with Crippen molar-refractivity contribution in [2.75, 3.05) is 7.11 Å². The largest absolute Gasteiger partial charge is 0.496 e. The lowest BCUT2D eigenvalue weighted by molar-refractivity contribution is 0.404. The van der Waals surface area contributed by atoms with E-state index in [4.69, 9.17) is 22.1 Å². The fourth-order valence-corrected chi connectivity index (χ4v) is 1.64. The molecule has 1 unspecified atom stereocenters. The van der Waals surface area contributed by atoms with Crippen molar-refractivity contribution >= 4 is 24.0 Å². The molecule has 0 heterocycles. The molecule has 0 aliphatic carbocycles. The second kappa shape index (κ2) is 6.94. The molecule has 1 aromatic rings. The van der Waals surface area contributed by atoms with Crippen molar-refractivity contribution in [2.24, 2.45) is 5.73 Å². The van der Waals surface area contributed by atoms with E-state index in [2.05, 4.69) is 0 Å². The first-order chi connectivity index (χ1) is 7.08. The van der Waals surface area contributed by atoms with Gasteiger partial charge in [-0.1, -0.05) is 18.5 Å². The second-order valence-electron chi connectivity index (χ2n) is 3.44. The molecule has 0 radical (unpaired) electrons. The van der Waals surface area contributed by atoms with E-state index in [0.717, 1.165) is 12.0 Å². The molecule has 2 N–H and O–H groups in total. The summed E-state index contributed by atoms with van der Waals surface area (Å²) in [6.45, 7) is 1.99. The predicted octanol–water partition coefficient (Wildman–Crippen LogP) is 3.19. The van der Waals surface area contributed by atoms with E-state index < -0.39 is 5.82 Å². The lowest BCUT2D eigenvalue weighted by Crippen LogP contribution is -2.22. The monoisotopic (exact) mass is 267 g/mol. The minimum absolute atomic E-state index is 0. The number of methoxy groups -OCH3 is 1. The normalized spacial score (nSPS) is 11.8. The number of halogens is 3. The lowest BCUT2D eigenvalue weighted by Gasteiger charge is -2.14. The van der Waals surface area contributed by atoms with Crippen LogP contribution in [0.15, 0.2) is 12.1 Å².